The number of carbonyl (C=O) groups excluding carboxylic acids is 2. The number of hydrogen-bond acceptors (Lipinski definition) is 3. The topological polar surface area (TPSA) is 77.9 Å². The zero-order chi connectivity index (χ0) is 20.5. The van der Waals surface area contributed by atoms with E-state index in [-0.39, 0.29) is 36.7 Å². The van der Waals surface area contributed by atoms with E-state index in [1.807, 2.05) is 12.1 Å². The monoisotopic (exact) mass is 394 g/mol. The minimum atomic E-state index is -0.858. The van der Waals surface area contributed by atoms with E-state index in [1.54, 1.807) is 11.9 Å². The van der Waals surface area contributed by atoms with E-state index in [4.69, 9.17) is 0 Å². The van der Waals surface area contributed by atoms with Gasteiger partial charge in [0.25, 0.3) is 0 Å². The van der Waals surface area contributed by atoms with Crippen molar-refractivity contribution in [2.75, 3.05) is 26.7 Å². The molecule has 2 aromatic rings. The first-order chi connectivity index (χ1) is 13.9. The summed E-state index contributed by atoms with van der Waals surface area (Å²) in [6.07, 6.45) is 2.09. The number of carbonyl (C=O) groups is 3. The summed E-state index contributed by atoms with van der Waals surface area (Å²) in [7, 11) is 1.66. The van der Waals surface area contributed by atoms with Gasteiger partial charge >= 0.3 is 5.97 Å². The van der Waals surface area contributed by atoms with Crippen molar-refractivity contribution < 1.29 is 19.5 Å². The number of likely N-dealkylation sites (tertiary alicyclic amines) is 1. The van der Waals surface area contributed by atoms with Crippen LogP contribution in [0.4, 0.5) is 0 Å². The number of aliphatic carboxylic acids is 1. The molecule has 3 atom stereocenters. The molecule has 2 aromatic carbocycles. The first kappa shape index (κ1) is 19.4. The average Bonchev–Trinajstić information content (AvgIpc) is 3.53. The van der Waals surface area contributed by atoms with Gasteiger partial charge in [-0.3, -0.25) is 14.4 Å². The molecule has 0 aromatic heterocycles. The van der Waals surface area contributed by atoms with Crippen LogP contribution in [0.25, 0.3) is 10.8 Å². The third-order valence-corrected chi connectivity index (χ3v) is 6.18. The Morgan fingerprint density at radius 2 is 1.90 bits per heavy atom. The fourth-order valence-corrected chi connectivity index (χ4v) is 4.34. The lowest BCUT2D eigenvalue weighted by Crippen LogP contribution is -2.47. The predicted molar refractivity (Wildman–Crippen MR) is 109 cm³/mol. The highest BCUT2D eigenvalue weighted by Gasteiger charge is 2.45. The lowest BCUT2D eigenvalue weighted by atomic mass is 9.98. The Morgan fingerprint density at radius 3 is 2.66 bits per heavy atom. The summed E-state index contributed by atoms with van der Waals surface area (Å²) in [6.45, 7) is 0.805. The molecule has 152 valence electrons. The molecule has 2 aliphatic rings. The van der Waals surface area contributed by atoms with Crippen molar-refractivity contribution in [3.05, 3.63) is 48.0 Å². The van der Waals surface area contributed by atoms with Crippen molar-refractivity contribution in [1.82, 2.24) is 9.80 Å². The normalized spacial score (nSPS) is 23.6. The molecule has 29 heavy (non-hydrogen) atoms. The summed E-state index contributed by atoms with van der Waals surface area (Å²) in [4.78, 5) is 39.6. The molecule has 1 N–H and O–H groups in total. The second kappa shape index (κ2) is 7.85. The molecule has 1 heterocycles. The number of rotatable bonds is 5. The number of hydrogen-bond donors (Lipinski definition) is 1. The van der Waals surface area contributed by atoms with E-state index in [0.29, 0.717) is 19.4 Å². The zero-order valence-electron chi connectivity index (χ0n) is 16.6. The Balaban J connectivity index is 1.35. The molecule has 3 unspecified atom stereocenters. The lowest BCUT2D eigenvalue weighted by molar-refractivity contribution is -0.147. The van der Waals surface area contributed by atoms with Crippen LogP contribution < -0.4 is 0 Å². The average molecular weight is 394 g/mol. The highest BCUT2D eigenvalue weighted by atomic mass is 16.4. The van der Waals surface area contributed by atoms with E-state index in [2.05, 4.69) is 30.3 Å². The summed E-state index contributed by atoms with van der Waals surface area (Å²) in [5, 5.41) is 11.5. The van der Waals surface area contributed by atoms with Crippen molar-refractivity contribution in [3.63, 3.8) is 0 Å². The second-order valence-electron chi connectivity index (χ2n) is 8.27. The smallest absolute Gasteiger partial charge is 0.308 e. The number of fused-ring (bicyclic) bond motifs is 1. The van der Waals surface area contributed by atoms with Gasteiger partial charge in [0.2, 0.25) is 11.8 Å². The van der Waals surface area contributed by atoms with E-state index in [9.17, 15) is 19.5 Å². The molecule has 4 rings (SSSR count). The molecule has 0 radical (unpaired) electrons. The van der Waals surface area contributed by atoms with E-state index in [1.165, 1.54) is 21.2 Å². The third-order valence-electron chi connectivity index (χ3n) is 6.18. The highest BCUT2D eigenvalue weighted by molar-refractivity contribution is 5.89. The number of nitrogens with zero attached hydrogens (tertiary/aromatic N) is 2. The first-order valence-electron chi connectivity index (χ1n) is 10.2. The van der Waals surface area contributed by atoms with Crippen LogP contribution in [0.2, 0.25) is 0 Å². The molecular weight excluding hydrogens is 368 g/mol. The third kappa shape index (κ3) is 4.11. The maximum absolute atomic E-state index is 12.8. The molecule has 0 bridgehead atoms. The Hall–Kier alpha value is -2.89. The minimum absolute atomic E-state index is 0.00606. The molecule has 1 saturated heterocycles. The molecule has 2 amide bonds. The van der Waals surface area contributed by atoms with Crippen molar-refractivity contribution in [3.8, 4) is 0 Å². The van der Waals surface area contributed by atoms with Gasteiger partial charge in [0.05, 0.1) is 12.5 Å². The summed E-state index contributed by atoms with van der Waals surface area (Å²) < 4.78 is 0. The number of benzene rings is 2. The number of carboxylic acids is 1. The van der Waals surface area contributed by atoms with Gasteiger partial charge in [0.15, 0.2) is 0 Å². The SMILES string of the molecule is CN(CC(=O)N1CCCC(C(=O)O)C1)C(=O)C1CC1c1ccc2ccccc2c1. The lowest BCUT2D eigenvalue weighted by Gasteiger charge is -2.32. The summed E-state index contributed by atoms with van der Waals surface area (Å²) >= 11 is 0. The fourth-order valence-electron chi connectivity index (χ4n) is 4.34. The highest BCUT2D eigenvalue weighted by Crippen LogP contribution is 2.48. The Bertz CT molecular complexity index is 957. The van der Waals surface area contributed by atoms with E-state index < -0.39 is 11.9 Å². The first-order valence-corrected chi connectivity index (χ1v) is 10.2. The largest absolute Gasteiger partial charge is 0.481 e. The van der Waals surface area contributed by atoms with Crippen LogP contribution in [-0.4, -0.2) is 59.4 Å². The Labute approximate surface area is 170 Å². The predicted octanol–water partition coefficient (Wildman–Crippen LogP) is 2.72. The van der Waals surface area contributed by atoms with Crippen LogP contribution in [-0.2, 0) is 14.4 Å². The maximum atomic E-state index is 12.8. The van der Waals surface area contributed by atoms with Gasteiger partial charge < -0.3 is 14.9 Å². The molecule has 1 saturated carbocycles. The summed E-state index contributed by atoms with van der Waals surface area (Å²) in [5.74, 6) is -1.42. The van der Waals surface area contributed by atoms with Crippen LogP contribution in [0.1, 0.15) is 30.7 Å². The number of amides is 2. The van der Waals surface area contributed by atoms with Crippen molar-refractivity contribution in [1.29, 1.82) is 0 Å². The van der Waals surface area contributed by atoms with Gasteiger partial charge in [0, 0.05) is 26.1 Å². The van der Waals surface area contributed by atoms with Crippen LogP contribution in [0, 0.1) is 11.8 Å². The Morgan fingerprint density at radius 1 is 1.14 bits per heavy atom. The van der Waals surface area contributed by atoms with Crippen LogP contribution in [0.15, 0.2) is 42.5 Å². The van der Waals surface area contributed by atoms with Crippen LogP contribution >= 0.6 is 0 Å². The van der Waals surface area contributed by atoms with E-state index >= 15 is 0 Å². The molecule has 1 aliphatic heterocycles. The van der Waals surface area contributed by atoms with Crippen molar-refractivity contribution in [2.45, 2.75) is 25.2 Å². The maximum Gasteiger partial charge on any atom is 0.308 e. The summed E-state index contributed by atoms with van der Waals surface area (Å²) in [5.41, 5.74) is 1.17. The zero-order valence-corrected chi connectivity index (χ0v) is 16.6. The van der Waals surface area contributed by atoms with Crippen LogP contribution in [0.3, 0.4) is 0 Å². The molecule has 2 fully saturated rings. The van der Waals surface area contributed by atoms with Crippen LogP contribution in [0.5, 0.6) is 0 Å². The molecule has 1 aliphatic carbocycles. The second-order valence-corrected chi connectivity index (χ2v) is 8.27. The molecule has 6 heteroatoms. The van der Waals surface area contributed by atoms with Gasteiger partial charge in [-0.15, -0.1) is 0 Å². The fraction of sp³-hybridized carbons (Fsp3) is 0.435. The van der Waals surface area contributed by atoms with Gasteiger partial charge in [-0.05, 0) is 41.5 Å². The molecular formula is C23H26N2O4. The Kier molecular flexibility index (Phi) is 5.26. The molecule has 6 nitrogen and oxygen atoms in total. The number of likely N-dealkylation sites (N-methyl/N-ethyl adjacent to an activating group) is 1. The number of piperidine rings is 1. The van der Waals surface area contributed by atoms with E-state index in [0.717, 1.165) is 6.42 Å². The van der Waals surface area contributed by atoms with Crippen molar-refractivity contribution >= 4 is 28.6 Å². The van der Waals surface area contributed by atoms with Gasteiger partial charge in [-0.1, -0.05) is 42.5 Å². The van der Waals surface area contributed by atoms with Crippen molar-refractivity contribution in [2.24, 2.45) is 11.8 Å². The minimum Gasteiger partial charge on any atom is -0.481 e. The van der Waals surface area contributed by atoms with Gasteiger partial charge in [0.1, 0.15) is 0 Å². The summed E-state index contributed by atoms with van der Waals surface area (Å²) in [6, 6.07) is 14.5. The standard InChI is InChI=1S/C23H26N2O4/c1-24(14-21(26)25-10-4-7-18(13-25)23(28)29)22(27)20-12-19(20)17-9-8-15-5-2-3-6-16(15)11-17/h2-3,5-6,8-9,11,18-20H,4,7,10,12-14H2,1H3,(H,28,29). The quantitative estimate of drug-likeness (QED) is 0.846. The molecule has 0 spiro atoms. The van der Waals surface area contributed by atoms with Gasteiger partial charge in [-0.2, -0.15) is 0 Å². The number of carboxylic acid groups (broad SMARTS) is 1. The van der Waals surface area contributed by atoms with Gasteiger partial charge in [-0.25, -0.2) is 0 Å².